The molecule has 5 heteroatoms. The highest BCUT2D eigenvalue weighted by molar-refractivity contribution is 7.21. The highest BCUT2D eigenvalue weighted by atomic mass is 32.1. The fourth-order valence-electron chi connectivity index (χ4n) is 2.70. The van der Waals surface area contributed by atoms with Crippen LogP contribution in [0, 0.1) is 13.8 Å². The van der Waals surface area contributed by atoms with Crippen molar-refractivity contribution in [1.82, 2.24) is 14.9 Å². The number of nitrogens with zero attached hydrogens (tertiary/aromatic N) is 2. The van der Waals surface area contributed by atoms with E-state index < -0.39 is 0 Å². The number of rotatable bonds is 4. The van der Waals surface area contributed by atoms with Crippen LogP contribution in [-0.2, 0) is 0 Å². The second-order valence-electron chi connectivity index (χ2n) is 5.91. The van der Waals surface area contributed by atoms with Gasteiger partial charge >= 0.3 is 0 Å². The largest absolute Gasteiger partial charge is 0.349 e. The molecular weight excluding hydrogens is 306 g/mol. The number of pyridine rings is 1. The molecule has 0 unspecified atom stereocenters. The normalized spacial score (nSPS) is 12.5. The van der Waals surface area contributed by atoms with Crippen molar-refractivity contribution in [1.29, 1.82) is 0 Å². The summed E-state index contributed by atoms with van der Waals surface area (Å²) < 4.78 is 2.01. The summed E-state index contributed by atoms with van der Waals surface area (Å²) in [4.78, 5) is 19.0. The Morgan fingerprint density at radius 2 is 2.04 bits per heavy atom. The highest BCUT2D eigenvalue weighted by Gasteiger charge is 2.22. The predicted molar refractivity (Wildman–Crippen MR) is 95.6 cm³/mol. The molecule has 4 nitrogen and oxygen atoms in total. The van der Waals surface area contributed by atoms with Crippen molar-refractivity contribution in [3.63, 3.8) is 0 Å². The van der Waals surface area contributed by atoms with Gasteiger partial charge in [0.1, 0.15) is 9.71 Å². The number of amides is 1. The molecule has 0 saturated carbocycles. The Morgan fingerprint density at radius 3 is 2.70 bits per heavy atom. The lowest BCUT2D eigenvalue weighted by Gasteiger charge is -2.12. The third-order valence-corrected chi connectivity index (χ3v) is 5.09. The van der Waals surface area contributed by atoms with Crippen LogP contribution in [0.15, 0.2) is 30.6 Å². The number of carbonyl (C=O) groups excluding carboxylic acids is 1. The Hall–Kier alpha value is -2.14. The molecule has 1 atom stereocenters. The van der Waals surface area contributed by atoms with Crippen molar-refractivity contribution in [2.75, 3.05) is 0 Å². The highest BCUT2D eigenvalue weighted by Crippen LogP contribution is 2.35. The summed E-state index contributed by atoms with van der Waals surface area (Å²) in [5.74, 6) is -0.0249. The molecule has 0 spiro atoms. The molecule has 0 aliphatic carbocycles. The maximum Gasteiger partial charge on any atom is 0.263 e. The lowest BCUT2D eigenvalue weighted by molar-refractivity contribution is 0.0943. The van der Waals surface area contributed by atoms with Gasteiger partial charge in [0.05, 0.1) is 5.69 Å². The van der Waals surface area contributed by atoms with Gasteiger partial charge in [-0.15, -0.1) is 11.3 Å². The predicted octanol–water partition coefficient (Wildman–Crippen LogP) is 4.23. The van der Waals surface area contributed by atoms with E-state index in [1.54, 1.807) is 0 Å². The van der Waals surface area contributed by atoms with Crippen molar-refractivity contribution in [2.45, 2.75) is 40.2 Å². The molecule has 1 amide bonds. The Labute approximate surface area is 140 Å². The number of thiophene rings is 1. The second kappa shape index (κ2) is 6.16. The maximum absolute atomic E-state index is 12.8. The van der Waals surface area contributed by atoms with E-state index in [0.29, 0.717) is 0 Å². The van der Waals surface area contributed by atoms with Crippen LogP contribution < -0.4 is 5.32 Å². The summed E-state index contributed by atoms with van der Waals surface area (Å²) in [6.07, 6.45) is 4.85. The summed E-state index contributed by atoms with van der Waals surface area (Å²) in [6.45, 7) is 8.15. The molecule has 3 aromatic rings. The number of carbonyl (C=O) groups is 1. The van der Waals surface area contributed by atoms with E-state index in [-0.39, 0.29) is 11.9 Å². The standard InChI is InChI=1S/C18H21N3OS/c1-5-12(3)19-17(22)16-15(21-8-6-7-9-21)14-11(2)10-13(4)20-18(14)23-16/h6-10,12H,5H2,1-4H3,(H,19,22)/t12-/m1/s1. The van der Waals surface area contributed by atoms with Crippen LogP contribution in [0.3, 0.4) is 0 Å². The Morgan fingerprint density at radius 1 is 1.35 bits per heavy atom. The molecule has 0 radical (unpaired) electrons. The quantitative estimate of drug-likeness (QED) is 0.779. The van der Waals surface area contributed by atoms with Gasteiger partial charge in [-0.1, -0.05) is 6.92 Å². The van der Waals surface area contributed by atoms with Crippen LogP contribution in [0.25, 0.3) is 15.9 Å². The molecule has 3 aromatic heterocycles. The van der Waals surface area contributed by atoms with Crippen molar-refractivity contribution in [3.8, 4) is 5.69 Å². The van der Waals surface area contributed by atoms with Gasteiger partial charge in [0.15, 0.2) is 0 Å². The monoisotopic (exact) mass is 327 g/mol. The average Bonchev–Trinajstić information content (AvgIpc) is 3.13. The van der Waals surface area contributed by atoms with Gasteiger partial charge < -0.3 is 9.88 Å². The Bertz CT molecular complexity index is 849. The van der Waals surface area contributed by atoms with Gasteiger partial charge in [-0.2, -0.15) is 0 Å². The molecule has 120 valence electrons. The van der Waals surface area contributed by atoms with Gasteiger partial charge in [-0.3, -0.25) is 4.79 Å². The first-order chi connectivity index (χ1) is 11.0. The van der Waals surface area contributed by atoms with Gasteiger partial charge in [-0.25, -0.2) is 4.98 Å². The first kappa shape index (κ1) is 15.7. The number of nitrogens with one attached hydrogen (secondary N) is 1. The minimum atomic E-state index is -0.0249. The topological polar surface area (TPSA) is 46.9 Å². The van der Waals surface area contributed by atoms with E-state index in [1.165, 1.54) is 11.3 Å². The smallest absolute Gasteiger partial charge is 0.263 e. The first-order valence-corrected chi connectivity index (χ1v) is 8.67. The van der Waals surface area contributed by atoms with Crippen LogP contribution in [0.5, 0.6) is 0 Å². The van der Waals surface area contributed by atoms with Crippen molar-refractivity contribution < 1.29 is 4.79 Å². The molecule has 0 aliphatic heterocycles. The molecule has 23 heavy (non-hydrogen) atoms. The third kappa shape index (κ3) is 2.88. The minimum absolute atomic E-state index is 0.0249. The minimum Gasteiger partial charge on any atom is -0.349 e. The lowest BCUT2D eigenvalue weighted by Crippen LogP contribution is -2.31. The average molecular weight is 327 g/mol. The SMILES string of the molecule is CC[C@@H](C)NC(=O)c1sc2nc(C)cc(C)c2c1-n1cccc1. The van der Waals surface area contributed by atoms with E-state index in [1.807, 2.05) is 42.9 Å². The molecular formula is C18H21N3OS. The van der Waals surface area contributed by atoms with Crippen LogP contribution in [0.4, 0.5) is 0 Å². The van der Waals surface area contributed by atoms with Gasteiger partial charge in [0, 0.05) is 29.5 Å². The molecule has 3 heterocycles. The van der Waals surface area contributed by atoms with E-state index in [9.17, 15) is 4.79 Å². The van der Waals surface area contributed by atoms with Gasteiger partial charge in [0.25, 0.3) is 5.91 Å². The summed E-state index contributed by atoms with van der Waals surface area (Å²) in [6, 6.07) is 6.16. The molecule has 3 rings (SSSR count). The van der Waals surface area contributed by atoms with Crippen LogP contribution in [-0.4, -0.2) is 21.5 Å². The summed E-state index contributed by atoms with van der Waals surface area (Å²) in [7, 11) is 0. The molecule has 0 aliphatic rings. The van der Waals surface area contributed by atoms with Crippen LogP contribution >= 0.6 is 11.3 Å². The number of fused-ring (bicyclic) bond motifs is 1. The fourth-order valence-corrected chi connectivity index (χ4v) is 3.90. The van der Waals surface area contributed by atoms with E-state index >= 15 is 0 Å². The van der Waals surface area contributed by atoms with E-state index in [0.717, 1.165) is 38.5 Å². The maximum atomic E-state index is 12.8. The molecule has 0 bridgehead atoms. The summed E-state index contributed by atoms with van der Waals surface area (Å²) >= 11 is 1.47. The van der Waals surface area contributed by atoms with Crippen LogP contribution in [0.1, 0.15) is 41.2 Å². The Balaban J connectivity index is 2.23. The fraction of sp³-hybridized carbons (Fsp3) is 0.333. The number of hydrogen-bond acceptors (Lipinski definition) is 3. The van der Waals surface area contributed by atoms with Gasteiger partial charge in [0.2, 0.25) is 0 Å². The Kier molecular flexibility index (Phi) is 4.22. The van der Waals surface area contributed by atoms with Crippen molar-refractivity contribution >= 4 is 27.5 Å². The number of aromatic nitrogens is 2. The van der Waals surface area contributed by atoms with E-state index in [4.69, 9.17) is 0 Å². The number of aryl methyl sites for hydroxylation is 2. The molecule has 0 aromatic carbocycles. The first-order valence-electron chi connectivity index (χ1n) is 7.86. The number of hydrogen-bond donors (Lipinski definition) is 1. The van der Waals surface area contributed by atoms with Crippen LogP contribution in [0.2, 0.25) is 0 Å². The summed E-state index contributed by atoms with van der Waals surface area (Å²) in [5.41, 5.74) is 3.06. The van der Waals surface area contributed by atoms with E-state index in [2.05, 4.69) is 30.2 Å². The lowest BCUT2D eigenvalue weighted by atomic mass is 10.1. The second-order valence-corrected chi connectivity index (χ2v) is 6.91. The third-order valence-electron chi connectivity index (χ3n) is 4.02. The van der Waals surface area contributed by atoms with Gasteiger partial charge in [-0.05, 0) is 51.0 Å². The molecule has 0 fully saturated rings. The zero-order valence-corrected chi connectivity index (χ0v) is 14.7. The molecule has 1 N–H and O–H groups in total. The summed E-state index contributed by atoms with van der Waals surface area (Å²) in [5, 5.41) is 4.13. The zero-order valence-electron chi connectivity index (χ0n) is 13.9. The zero-order chi connectivity index (χ0) is 16.6. The molecule has 0 saturated heterocycles. The van der Waals surface area contributed by atoms with Crippen molar-refractivity contribution in [2.24, 2.45) is 0 Å². The van der Waals surface area contributed by atoms with Crippen molar-refractivity contribution in [3.05, 3.63) is 46.7 Å².